The van der Waals surface area contributed by atoms with Crippen molar-refractivity contribution in [3.63, 3.8) is 0 Å². The minimum absolute atomic E-state index is 0.00309. The molecule has 0 radical (unpaired) electrons. The van der Waals surface area contributed by atoms with Crippen molar-refractivity contribution in [3.05, 3.63) is 0 Å². The molecule has 74 valence electrons. The van der Waals surface area contributed by atoms with Crippen LogP contribution in [0.5, 0.6) is 0 Å². The lowest BCUT2D eigenvalue weighted by Gasteiger charge is -2.30. The summed E-state index contributed by atoms with van der Waals surface area (Å²) in [7, 11) is 1.89. The van der Waals surface area contributed by atoms with Gasteiger partial charge in [-0.1, -0.05) is 23.2 Å². The van der Waals surface area contributed by atoms with Gasteiger partial charge in [0.05, 0.1) is 6.04 Å². The van der Waals surface area contributed by atoms with Crippen LogP contribution in [-0.4, -0.2) is 40.6 Å². The average molecular weight is 244 g/mol. The van der Waals surface area contributed by atoms with E-state index in [0.717, 1.165) is 0 Å². The van der Waals surface area contributed by atoms with E-state index >= 15 is 0 Å². The Morgan fingerprint density at radius 3 is 2.85 bits per heavy atom. The van der Waals surface area contributed by atoms with Crippen LogP contribution in [0.25, 0.3) is 0 Å². The minimum atomic E-state index is -0.370. The zero-order valence-electron chi connectivity index (χ0n) is 6.84. The molecule has 4 atom stereocenters. The first-order valence-electron chi connectivity index (χ1n) is 3.85. The van der Waals surface area contributed by atoms with Crippen LogP contribution in [0.1, 0.15) is 0 Å². The number of rotatable bonds is 0. The van der Waals surface area contributed by atoms with E-state index in [4.69, 9.17) is 34.8 Å². The second kappa shape index (κ2) is 3.44. The van der Waals surface area contributed by atoms with E-state index in [9.17, 15) is 0 Å². The molecule has 2 rings (SSSR count). The van der Waals surface area contributed by atoms with Gasteiger partial charge in [0.1, 0.15) is 17.3 Å². The van der Waals surface area contributed by atoms with Crippen molar-refractivity contribution in [3.8, 4) is 0 Å². The van der Waals surface area contributed by atoms with Gasteiger partial charge in [0.15, 0.2) is 5.29 Å². The van der Waals surface area contributed by atoms with Crippen molar-refractivity contribution in [1.29, 1.82) is 0 Å². The maximum absolute atomic E-state index is 5.98. The Balaban J connectivity index is 2.20. The molecular formula is C6H9Cl3N4. The van der Waals surface area contributed by atoms with Gasteiger partial charge in [-0.25, -0.2) is 4.99 Å². The molecule has 2 aliphatic heterocycles. The molecule has 2 N–H and O–H groups in total. The van der Waals surface area contributed by atoms with Crippen molar-refractivity contribution in [2.24, 2.45) is 4.99 Å². The van der Waals surface area contributed by atoms with Gasteiger partial charge < -0.3 is 5.32 Å². The fourth-order valence-corrected chi connectivity index (χ4v) is 2.37. The molecule has 0 aromatic heterocycles. The normalized spacial score (nSPS) is 45.4. The molecule has 0 aromatic carbocycles. The summed E-state index contributed by atoms with van der Waals surface area (Å²) in [5, 5.41) is 6.44. The van der Waals surface area contributed by atoms with Gasteiger partial charge in [-0.05, 0) is 18.6 Å². The maximum atomic E-state index is 5.98. The highest BCUT2D eigenvalue weighted by atomic mass is 35.5. The topological polar surface area (TPSA) is 39.7 Å². The van der Waals surface area contributed by atoms with Gasteiger partial charge in [-0.15, -0.1) is 0 Å². The maximum Gasteiger partial charge on any atom is 0.194 e. The number of aliphatic imine (C=N–C) groups is 1. The van der Waals surface area contributed by atoms with Crippen LogP contribution in [0.4, 0.5) is 0 Å². The summed E-state index contributed by atoms with van der Waals surface area (Å²) < 4.78 is 0. The van der Waals surface area contributed by atoms with Gasteiger partial charge in [0.25, 0.3) is 0 Å². The molecule has 0 aromatic rings. The molecule has 2 aliphatic rings. The van der Waals surface area contributed by atoms with E-state index in [-0.39, 0.29) is 23.3 Å². The third-order valence-corrected chi connectivity index (χ3v) is 3.28. The predicted molar refractivity (Wildman–Crippen MR) is 54.2 cm³/mol. The van der Waals surface area contributed by atoms with E-state index in [2.05, 4.69) is 15.6 Å². The molecule has 1 saturated heterocycles. The number of amidine groups is 1. The van der Waals surface area contributed by atoms with Crippen LogP contribution in [0.15, 0.2) is 4.99 Å². The standard InChI is InChI=1S/C6H9Cl3N4/c1-13-4-2(10-6(13)9)3(7)11-5(8)12-4/h2-4,6,10H,1H3,(H,11,12)/t2-,3?,4?,6-/m0/s1. The van der Waals surface area contributed by atoms with Crippen LogP contribution in [-0.2, 0) is 0 Å². The number of nitrogens with one attached hydrogen (secondary N) is 2. The first-order chi connectivity index (χ1) is 6.09. The predicted octanol–water partition coefficient (Wildman–Crippen LogP) is 0.501. The highest BCUT2D eigenvalue weighted by Crippen LogP contribution is 2.24. The number of nitrogens with zero attached hydrogens (tertiary/aromatic N) is 2. The number of halogens is 3. The molecule has 0 spiro atoms. The number of hydrogen-bond donors (Lipinski definition) is 2. The summed E-state index contributed by atoms with van der Waals surface area (Å²) in [6.07, 6.45) is 0.00926. The minimum Gasteiger partial charge on any atom is -0.343 e. The molecular weight excluding hydrogens is 234 g/mol. The largest absolute Gasteiger partial charge is 0.343 e. The van der Waals surface area contributed by atoms with Gasteiger partial charge >= 0.3 is 0 Å². The van der Waals surface area contributed by atoms with Crippen LogP contribution >= 0.6 is 34.8 Å². The fourth-order valence-electron chi connectivity index (χ4n) is 1.53. The monoisotopic (exact) mass is 242 g/mol. The zero-order valence-corrected chi connectivity index (χ0v) is 9.11. The van der Waals surface area contributed by atoms with Crippen molar-refractivity contribution in [2.75, 3.05) is 7.05 Å². The molecule has 2 unspecified atom stereocenters. The number of fused-ring (bicyclic) bond motifs is 1. The number of hydrogen-bond acceptors (Lipinski definition) is 4. The lowest BCUT2D eigenvalue weighted by Crippen LogP contribution is -2.54. The van der Waals surface area contributed by atoms with Gasteiger partial charge in [-0.3, -0.25) is 10.2 Å². The summed E-state index contributed by atoms with van der Waals surface area (Å²) in [5.41, 5.74) is -0.605. The lowest BCUT2D eigenvalue weighted by molar-refractivity contribution is 0.255. The zero-order chi connectivity index (χ0) is 9.59. The fraction of sp³-hybridized carbons (Fsp3) is 0.833. The van der Waals surface area contributed by atoms with E-state index < -0.39 is 0 Å². The molecule has 13 heavy (non-hydrogen) atoms. The summed E-state index contributed by atoms with van der Waals surface area (Å²) in [5.74, 6) is 0. The lowest BCUT2D eigenvalue weighted by atomic mass is 10.2. The third kappa shape index (κ3) is 1.62. The number of likely N-dealkylation sites (N-methyl/N-ethyl adjacent to an activating group) is 1. The first kappa shape index (κ1) is 9.80. The molecule has 4 nitrogen and oxygen atoms in total. The summed E-state index contributed by atoms with van der Waals surface area (Å²) in [4.78, 5) is 5.90. The Morgan fingerprint density at radius 2 is 2.15 bits per heavy atom. The van der Waals surface area contributed by atoms with Crippen LogP contribution in [0.2, 0.25) is 0 Å². The Bertz CT molecular complexity index is 246. The Morgan fingerprint density at radius 1 is 1.46 bits per heavy atom. The van der Waals surface area contributed by atoms with Gasteiger partial charge in [0.2, 0.25) is 0 Å². The van der Waals surface area contributed by atoms with Crippen molar-refractivity contribution < 1.29 is 0 Å². The van der Waals surface area contributed by atoms with E-state index in [1.807, 2.05) is 11.9 Å². The van der Waals surface area contributed by atoms with Crippen molar-refractivity contribution in [1.82, 2.24) is 15.5 Å². The van der Waals surface area contributed by atoms with E-state index in [1.165, 1.54) is 0 Å². The summed E-state index contributed by atoms with van der Waals surface area (Å²) in [6.45, 7) is 0. The first-order valence-corrected chi connectivity index (χ1v) is 5.10. The molecule has 0 amide bonds. The quantitative estimate of drug-likeness (QED) is 0.481. The van der Waals surface area contributed by atoms with Crippen LogP contribution < -0.4 is 10.6 Å². The van der Waals surface area contributed by atoms with Crippen LogP contribution in [0, 0.1) is 0 Å². The Hall–Kier alpha value is 0.260. The van der Waals surface area contributed by atoms with Gasteiger partial charge in [-0.2, -0.15) is 0 Å². The third-order valence-electron chi connectivity index (χ3n) is 2.27. The SMILES string of the molecule is CN1C2NC(Cl)=NC(Cl)[C@@H]2N[C@@H]1Cl. The average Bonchev–Trinajstić information content (AvgIpc) is 2.32. The summed E-state index contributed by atoms with van der Waals surface area (Å²) >= 11 is 17.7. The molecule has 1 fully saturated rings. The summed E-state index contributed by atoms with van der Waals surface area (Å²) in [6, 6.07) is -0.00309. The molecule has 0 bridgehead atoms. The highest BCUT2D eigenvalue weighted by molar-refractivity contribution is 6.65. The number of alkyl halides is 2. The Kier molecular flexibility index (Phi) is 2.59. The van der Waals surface area contributed by atoms with E-state index in [1.54, 1.807) is 0 Å². The van der Waals surface area contributed by atoms with Gasteiger partial charge in [0, 0.05) is 0 Å². The van der Waals surface area contributed by atoms with Crippen molar-refractivity contribution >= 4 is 40.1 Å². The van der Waals surface area contributed by atoms with Crippen LogP contribution in [0.3, 0.4) is 0 Å². The second-order valence-electron chi connectivity index (χ2n) is 3.08. The molecule has 7 heteroatoms. The van der Waals surface area contributed by atoms with Crippen molar-refractivity contribution in [2.45, 2.75) is 23.3 Å². The Labute approximate surface area is 91.2 Å². The molecule has 2 heterocycles. The molecule has 0 saturated carbocycles. The highest BCUT2D eigenvalue weighted by Gasteiger charge is 2.43. The smallest absolute Gasteiger partial charge is 0.194 e. The molecule has 0 aliphatic carbocycles. The van der Waals surface area contributed by atoms with E-state index in [0.29, 0.717) is 5.29 Å². The second-order valence-corrected chi connectivity index (χ2v) is 4.29.